The van der Waals surface area contributed by atoms with E-state index in [1.54, 1.807) is 13.4 Å². The molecule has 178 valence electrons. The third kappa shape index (κ3) is 9.29. The highest BCUT2D eigenvalue weighted by molar-refractivity contribution is 14.0. The predicted octanol–water partition coefficient (Wildman–Crippen LogP) is 3.32. The Morgan fingerprint density at radius 1 is 1.00 bits per heavy atom. The van der Waals surface area contributed by atoms with Gasteiger partial charge in [0.25, 0.3) is 0 Å². The van der Waals surface area contributed by atoms with E-state index in [-0.39, 0.29) is 24.0 Å². The highest BCUT2D eigenvalue weighted by Gasteiger charge is 2.03. The molecule has 0 aliphatic heterocycles. The second-order valence-electron chi connectivity index (χ2n) is 7.14. The van der Waals surface area contributed by atoms with Crippen LogP contribution in [0.5, 0.6) is 11.5 Å². The van der Waals surface area contributed by atoms with Gasteiger partial charge in [0.05, 0.1) is 13.7 Å². The molecule has 2 N–H and O–H groups in total. The molecule has 0 unspecified atom stereocenters. The molecule has 3 aromatic rings. The van der Waals surface area contributed by atoms with Crippen LogP contribution in [0.4, 0.5) is 0 Å². The molecule has 0 amide bonds. The van der Waals surface area contributed by atoms with Crippen LogP contribution in [0.25, 0.3) is 0 Å². The third-order valence-electron chi connectivity index (χ3n) is 4.89. The molecule has 9 heteroatoms. The Balaban J connectivity index is 0.00000385. The molecule has 0 radical (unpaired) electrons. The number of benzene rings is 2. The molecular weight excluding hydrogens is 531 g/mol. The van der Waals surface area contributed by atoms with E-state index in [1.165, 1.54) is 5.56 Å². The molecule has 0 saturated heterocycles. The summed E-state index contributed by atoms with van der Waals surface area (Å²) in [6.07, 6.45) is 3.48. The number of hydrogen-bond acceptors (Lipinski definition) is 5. The summed E-state index contributed by atoms with van der Waals surface area (Å²) in [7, 11) is 1.67. The largest absolute Gasteiger partial charge is 0.497 e. The van der Waals surface area contributed by atoms with Crippen LogP contribution in [0, 0.1) is 0 Å². The predicted molar refractivity (Wildman–Crippen MR) is 142 cm³/mol. The van der Waals surface area contributed by atoms with E-state index in [2.05, 4.69) is 44.5 Å². The Bertz CT molecular complexity index is 947. The average Bonchev–Trinajstić information content (AvgIpc) is 3.30. The first-order chi connectivity index (χ1) is 15.8. The molecule has 0 fully saturated rings. The molecule has 2 aromatic carbocycles. The Hall–Kier alpha value is -2.82. The number of halogens is 1. The second kappa shape index (κ2) is 15.1. The van der Waals surface area contributed by atoms with E-state index in [4.69, 9.17) is 14.5 Å². The first kappa shape index (κ1) is 26.4. The highest BCUT2D eigenvalue weighted by Crippen LogP contribution is 2.11. The minimum atomic E-state index is 0. The number of methoxy groups -OCH3 is 1. The van der Waals surface area contributed by atoms with Crippen LogP contribution in [0.1, 0.15) is 18.3 Å². The van der Waals surface area contributed by atoms with E-state index in [0.29, 0.717) is 19.7 Å². The van der Waals surface area contributed by atoms with Gasteiger partial charge in [-0.25, -0.2) is 0 Å². The molecule has 3 rings (SSSR count). The van der Waals surface area contributed by atoms with Crippen molar-refractivity contribution in [3.63, 3.8) is 0 Å². The van der Waals surface area contributed by atoms with E-state index >= 15 is 0 Å². The van der Waals surface area contributed by atoms with Crippen molar-refractivity contribution in [2.75, 3.05) is 33.4 Å². The molecule has 0 aliphatic rings. The number of aryl methyl sites for hydroxylation is 1. The van der Waals surface area contributed by atoms with E-state index in [1.807, 2.05) is 42.5 Å². The summed E-state index contributed by atoms with van der Waals surface area (Å²) < 4.78 is 13.0. The summed E-state index contributed by atoms with van der Waals surface area (Å²) in [4.78, 5) is 4.73. The topological polar surface area (TPSA) is 85.6 Å². The van der Waals surface area contributed by atoms with Crippen molar-refractivity contribution in [2.45, 2.75) is 26.3 Å². The van der Waals surface area contributed by atoms with Gasteiger partial charge in [-0.3, -0.25) is 4.99 Å². The van der Waals surface area contributed by atoms with Gasteiger partial charge in [-0.1, -0.05) is 37.3 Å². The number of hydrogen-bond donors (Lipinski definition) is 2. The molecule has 1 aromatic heterocycles. The second-order valence-corrected chi connectivity index (χ2v) is 7.14. The van der Waals surface area contributed by atoms with Crippen LogP contribution < -0.4 is 20.1 Å². The summed E-state index contributed by atoms with van der Waals surface area (Å²) in [5.41, 5.74) is 1.22. The maximum Gasteiger partial charge on any atom is 0.191 e. The lowest BCUT2D eigenvalue weighted by Gasteiger charge is -2.14. The molecule has 8 nitrogen and oxygen atoms in total. The van der Waals surface area contributed by atoms with Crippen LogP contribution in [-0.2, 0) is 19.4 Å². The zero-order valence-corrected chi connectivity index (χ0v) is 21.6. The van der Waals surface area contributed by atoms with Crippen LogP contribution in [-0.4, -0.2) is 54.1 Å². The molecule has 0 saturated carbocycles. The number of rotatable bonds is 12. The summed E-state index contributed by atoms with van der Waals surface area (Å²) in [6.45, 7) is 5.45. The Labute approximate surface area is 212 Å². The lowest BCUT2D eigenvalue weighted by Crippen LogP contribution is -2.41. The van der Waals surface area contributed by atoms with Gasteiger partial charge in [-0.2, -0.15) is 0 Å². The molecule has 33 heavy (non-hydrogen) atoms. The zero-order valence-electron chi connectivity index (χ0n) is 19.2. The number of ether oxygens (including phenoxy) is 2. The highest BCUT2D eigenvalue weighted by atomic mass is 127. The van der Waals surface area contributed by atoms with Crippen LogP contribution in [0.3, 0.4) is 0 Å². The Kier molecular flexibility index (Phi) is 12.1. The first-order valence-corrected chi connectivity index (χ1v) is 11.0. The van der Waals surface area contributed by atoms with E-state index in [0.717, 1.165) is 49.2 Å². The van der Waals surface area contributed by atoms with Gasteiger partial charge in [0.15, 0.2) is 5.96 Å². The molecule has 0 spiro atoms. The SMILES string of the molecule is CCc1nncn1CCNC(=NCCc1ccc(OC)cc1)NCCOc1ccccc1.I. The average molecular weight is 564 g/mol. The number of guanidine groups is 1. The third-order valence-corrected chi connectivity index (χ3v) is 4.89. The zero-order chi connectivity index (χ0) is 22.4. The minimum absolute atomic E-state index is 0. The summed E-state index contributed by atoms with van der Waals surface area (Å²) in [5, 5.41) is 14.9. The lowest BCUT2D eigenvalue weighted by molar-refractivity contribution is 0.322. The van der Waals surface area contributed by atoms with Crippen LogP contribution in [0.2, 0.25) is 0 Å². The number of nitrogens with one attached hydrogen (secondary N) is 2. The Morgan fingerprint density at radius 3 is 2.48 bits per heavy atom. The van der Waals surface area contributed by atoms with Gasteiger partial charge in [0.1, 0.15) is 30.3 Å². The summed E-state index contributed by atoms with van der Waals surface area (Å²) >= 11 is 0. The Morgan fingerprint density at radius 2 is 1.76 bits per heavy atom. The fraction of sp³-hybridized carbons (Fsp3) is 0.375. The molecular formula is C24H33IN6O2. The van der Waals surface area contributed by atoms with E-state index in [9.17, 15) is 0 Å². The molecule has 0 bridgehead atoms. The van der Waals surface area contributed by atoms with Crippen LogP contribution >= 0.6 is 24.0 Å². The van der Waals surface area contributed by atoms with Crippen molar-refractivity contribution in [2.24, 2.45) is 4.99 Å². The molecule has 1 heterocycles. The summed E-state index contributed by atoms with van der Waals surface area (Å²) in [6, 6.07) is 17.9. The van der Waals surface area contributed by atoms with Gasteiger partial charge in [-0.05, 0) is 36.2 Å². The lowest BCUT2D eigenvalue weighted by atomic mass is 10.1. The first-order valence-electron chi connectivity index (χ1n) is 11.0. The van der Waals surface area contributed by atoms with Gasteiger partial charge >= 0.3 is 0 Å². The van der Waals surface area contributed by atoms with Crippen molar-refractivity contribution in [3.05, 3.63) is 72.3 Å². The molecule has 0 aliphatic carbocycles. The maximum absolute atomic E-state index is 5.77. The fourth-order valence-electron chi connectivity index (χ4n) is 3.15. The molecule has 0 atom stereocenters. The van der Waals surface area contributed by atoms with Crippen molar-refractivity contribution < 1.29 is 9.47 Å². The fourth-order valence-corrected chi connectivity index (χ4v) is 3.15. The van der Waals surface area contributed by atoms with Gasteiger partial charge in [-0.15, -0.1) is 34.2 Å². The maximum atomic E-state index is 5.77. The normalized spacial score (nSPS) is 10.9. The van der Waals surface area contributed by atoms with Gasteiger partial charge in [0.2, 0.25) is 0 Å². The number of para-hydroxylation sites is 1. The van der Waals surface area contributed by atoms with E-state index < -0.39 is 0 Å². The van der Waals surface area contributed by atoms with Gasteiger partial charge in [0, 0.05) is 26.1 Å². The van der Waals surface area contributed by atoms with Crippen molar-refractivity contribution in [1.82, 2.24) is 25.4 Å². The minimum Gasteiger partial charge on any atom is -0.497 e. The van der Waals surface area contributed by atoms with Crippen molar-refractivity contribution in [1.29, 1.82) is 0 Å². The van der Waals surface area contributed by atoms with Gasteiger partial charge < -0.3 is 24.7 Å². The quantitative estimate of drug-likeness (QED) is 0.152. The smallest absolute Gasteiger partial charge is 0.191 e. The standard InChI is InChI=1S/C24H32N6O2.HI/c1-3-23-29-28-19-30(23)17-15-26-24(27-16-18-32-22-7-5-4-6-8-22)25-14-13-20-9-11-21(31-2)12-10-20;/h4-12,19H,3,13-18H2,1-2H3,(H2,25,26,27);1H. The number of aliphatic imine (C=N–C) groups is 1. The van der Waals surface area contributed by atoms with Crippen molar-refractivity contribution >= 4 is 29.9 Å². The van der Waals surface area contributed by atoms with Crippen LogP contribution in [0.15, 0.2) is 65.9 Å². The number of nitrogens with zero attached hydrogens (tertiary/aromatic N) is 4. The monoisotopic (exact) mass is 564 g/mol. The summed E-state index contributed by atoms with van der Waals surface area (Å²) in [5.74, 6) is 3.47. The van der Waals surface area contributed by atoms with Crippen molar-refractivity contribution in [3.8, 4) is 11.5 Å². The number of aromatic nitrogens is 3.